The maximum atomic E-state index is 13.2. The fraction of sp³-hybridized carbons (Fsp3) is 0.476. The van der Waals surface area contributed by atoms with E-state index < -0.39 is 0 Å². The van der Waals surface area contributed by atoms with Gasteiger partial charge in [0.05, 0.1) is 5.41 Å². The van der Waals surface area contributed by atoms with Gasteiger partial charge in [0, 0.05) is 49.2 Å². The van der Waals surface area contributed by atoms with Gasteiger partial charge < -0.3 is 20.9 Å². The first-order valence-corrected chi connectivity index (χ1v) is 9.71. The number of rotatable bonds is 4. The lowest BCUT2D eigenvalue weighted by atomic mass is 9.77. The van der Waals surface area contributed by atoms with Crippen LogP contribution in [0.25, 0.3) is 5.57 Å². The molecule has 1 saturated carbocycles. The van der Waals surface area contributed by atoms with Crippen LogP contribution in [-0.4, -0.2) is 42.6 Å². The zero-order chi connectivity index (χ0) is 19.0. The summed E-state index contributed by atoms with van der Waals surface area (Å²) in [6.45, 7) is 2.13. The van der Waals surface area contributed by atoms with E-state index in [1.807, 2.05) is 34.1 Å². The molecule has 6 heteroatoms. The second-order valence-electron chi connectivity index (χ2n) is 7.90. The van der Waals surface area contributed by atoms with Crippen molar-refractivity contribution in [3.05, 3.63) is 36.0 Å². The Morgan fingerprint density at radius 1 is 1.11 bits per heavy atom. The van der Waals surface area contributed by atoms with Crippen LogP contribution in [0.4, 0.5) is 5.69 Å². The van der Waals surface area contributed by atoms with Crippen molar-refractivity contribution in [1.82, 2.24) is 4.90 Å². The van der Waals surface area contributed by atoms with Gasteiger partial charge in [-0.3, -0.25) is 9.59 Å². The molecule has 2 heterocycles. The zero-order valence-electron chi connectivity index (χ0n) is 15.5. The van der Waals surface area contributed by atoms with Crippen LogP contribution in [-0.2, 0) is 9.59 Å². The third-order valence-corrected chi connectivity index (χ3v) is 6.32. The summed E-state index contributed by atoms with van der Waals surface area (Å²) in [6, 6.07) is 7.64. The first kappa shape index (κ1) is 17.8. The minimum Gasteiger partial charge on any atom is -0.404 e. The maximum Gasteiger partial charge on any atom is 0.233 e. The Labute approximate surface area is 159 Å². The minimum absolute atomic E-state index is 0.190. The predicted octanol–water partition coefficient (Wildman–Crippen LogP) is 2.39. The van der Waals surface area contributed by atoms with Gasteiger partial charge in [-0.05, 0) is 49.8 Å². The average Bonchev–Trinajstić information content (AvgIpc) is 3.51. The van der Waals surface area contributed by atoms with Crippen molar-refractivity contribution in [3.8, 4) is 0 Å². The molecule has 1 aromatic rings. The third kappa shape index (κ3) is 3.13. The number of carbonyl (C=O) groups excluding carboxylic acids is 2. The zero-order valence-corrected chi connectivity index (χ0v) is 15.5. The molecule has 6 nitrogen and oxygen atoms in total. The van der Waals surface area contributed by atoms with E-state index in [2.05, 4.69) is 0 Å². The van der Waals surface area contributed by atoms with Crippen molar-refractivity contribution in [2.45, 2.75) is 32.1 Å². The number of nitrogens with zero attached hydrogens (tertiary/aromatic N) is 2. The van der Waals surface area contributed by atoms with Crippen LogP contribution < -0.4 is 10.6 Å². The second-order valence-corrected chi connectivity index (χ2v) is 7.90. The Morgan fingerprint density at radius 2 is 1.74 bits per heavy atom. The van der Waals surface area contributed by atoms with Crippen molar-refractivity contribution in [1.29, 1.82) is 5.41 Å². The molecule has 0 bridgehead atoms. The molecule has 1 spiro atoms. The number of anilines is 1. The van der Waals surface area contributed by atoms with Crippen molar-refractivity contribution < 1.29 is 9.59 Å². The topological polar surface area (TPSA) is 90.5 Å². The molecule has 0 radical (unpaired) electrons. The van der Waals surface area contributed by atoms with Gasteiger partial charge in [-0.25, -0.2) is 0 Å². The largest absolute Gasteiger partial charge is 0.404 e. The minimum atomic E-state index is -0.309. The predicted molar refractivity (Wildman–Crippen MR) is 105 cm³/mol. The number of benzene rings is 1. The molecule has 3 N–H and O–H groups in total. The first-order chi connectivity index (χ1) is 13.1. The molecule has 27 heavy (non-hydrogen) atoms. The Hall–Kier alpha value is -2.63. The number of likely N-dealkylation sites (tertiary alicyclic amines) is 1. The second kappa shape index (κ2) is 6.83. The third-order valence-electron chi connectivity index (χ3n) is 6.32. The number of piperidine rings is 1. The van der Waals surface area contributed by atoms with Crippen molar-refractivity contribution in [3.63, 3.8) is 0 Å². The fourth-order valence-electron chi connectivity index (χ4n) is 4.34. The highest BCUT2D eigenvalue weighted by molar-refractivity contribution is 6.08. The number of allylic oxidation sites excluding steroid dienone is 1. The standard InChI is InChI=1S/C21H26N4O2/c22-13-17(14-23)15-3-5-18(6-4-15)25-12-9-21(20(25)27)7-10-24(11-8-21)19(26)16-1-2-16/h3-6,13-14,16,22H,1-2,7-12,23H2/b17-14+,22-13?. The number of carbonyl (C=O) groups is 2. The average molecular weight is 366 g/mol. The lowest BCUT2D eigenvalue weighted by Gasteiger charge is -2.38. The van der Waals surface area contributed by atoms with E-state index in [9.17, 15) is 9.59 Å². The highest BCUT2D eigenvalue weighted by atomic mass is 16.2. The van der Waals surface area contributed by atoms with E-state index in [1.54, 1.807) is 0 Å². The molecule has 2 saturated heterocycles. The van der Waals surface area contributed by atoms with Gasteiger partial charge in [0.25, 0.3) is 0 Å². The van der Waals surface area contributed by atoms with E-state index >= 15 is 0 Å². The van der Waals surface area contributed by atoms with E-state index in [0.717, 1.165) is 49.9 Å². The van der Waals surface area contributed by atoms with Crippen molar-refractivity contribution >= 4 is 29.3 Å². The van der Waals surface area contributed by atoms with Crippen LogP contribution in [0.2, 0.25) is 0 Å². The number of hydrogen-bond donors (Lipinski definition) is 2. The van der Waals surface area contributed by atoms with Gasteiger partial charge in [-0.1, -0.05) is 12.1 Å². The van der Waals surface area contributed by atoms with Gasteiger partial charge in [-0.2, -0.15) is 0 Å². The van der Waals surface area contributed by atoms with Gasteiger partial charge in [-0.15, -0.1) is 0 Å². The molecule has 3 aliphatic rings. The molecule has 0 aromatic heterocycles. The Kier molecular flexibility index (Phi) is 4.50. The summed E-state index contributed by atoms with van der Waals surface area (Å²) in [6.07, 6.45) is 7.09. The molecule has 4 rings (SSSR count). The summed E-state index contributed by atoms with van der Waals surface area (Å²) >= 11 is 0. The summed E-state index contributed by atoms with van der Waals surface area (Å²) in [5.41, 5.74) is 7.63. The molecule has 142 valence electrons. The van der Waals surface area contributed by atoms with Crippen LogP contribution in [0, 0.1) is 16.7 Å². The van der Waals surface area contributed by atoms with Crippen molar-refractivity contribution in [2.75, 3.05) is 24.5 Å². The van der Waals surface area contributed by atoms with Gasteiger partial charge >= 0.3 is 0 Å². The summed E-state index contributed by atoms with van der Waals surface area (Å²) < 4.78 is 0. The monoisotopic (exact) mass is 366 g/mol. The normalized spacial score (nSPS) is 22.4. The van der Waals surface area contributed by atoms with Gasteiger partial charge in [0.2, 0.25) is 11.8 Å². The highest BCUT2D eigenvalue weighted by Crippen LogP contribution is 2.44. The summed E-state index contributed by atoms with van der Waals surface area (Å²) in [4.78, 5) is 29.3. The summed E-state index contributed by atoms with van der Waals surface area (Å²) in [5.74, 6) is 0.731. The van der Waals surface area contributed by atoms with Crippen LogP contribution in [0.5, 0.6) is 0 Å². The SMILES string of the molecule is N=C/C(=C\N)c1ccc(N2CCC3(CCN(C(=O)C4CC4)CC3)C2=O)cc1. The smallest absolute Gasteiger partial charge is 0.233 e. The van der Waals surface area contributed by atoms with Crippen molar-refractivity contribution in [2.24, 2.45) is 17.1 Å². The lowest BCUT2D eigenvalue weighted by molar-refractivity contribution is -0.138. The molecule has 2 aliphatic heterocycles. The molecular weight excluding hydrogens is 340 g/mol. The number of nitrogens with two attached hydrogens (primary N) is 1. The summed E-state index contributed by atoms with van der Waals surface area (Å²) in [7, 11) is 0. The maximum absolute atomic E-state index is 13.2. The van der Waals surface area contributed by atoms with E-state index in [4.69, 9.17) is 11.1 Å². The molecule has 1 aliphatic carbocycles. The number of hydrogen-bond acceptors (Lipinski definition) is 4. The first-order valence-electron chi connectivity index (χ1n) is 9.71. The number of amides is 2. The molecule has 3 fully saturated rings. The lowest BCUT2D eigenvalue weighted by Crippen LogP contribution is -2.47. The van der Waals surface area contributed by atoms with Crippen LogP contribution in [0.1, 0.15) is 37.7 Å². The molecule has 1 aromatic carbocycles. The fourth-order valence-corrected chi connectivity index (χ4v) is 4.34. The Balaban J connectivity index is 1.44. The van der Waals surface area contributed by atoms with Crippen LogP contribution >= 0.6 is 0 Å². The molecular formula is C21H26N4O2. The van der Waals surface area contributed by atoms with E-state index in [1.165, 1.54) is 12.4 Å². The Morgan fingerprint density at radius 3 is 2.30 bits per heavy atom. The van der Waals surface area contributed by atoms with Gasteiger partial charge in [0.15, 0.2) is 0 Å². The van der Waals surface area contributed by atoms with E-state index in [0.29, 0.717) is 18.7 Å². The molecule has 0 unspecified atom stereocenters. The highest BCUT2D eigenvalue weighted by Gasteiger charge is 2.49. The number of nitrogens with one attached hydrogen (secondary N) is 1. The van der Waals surface area contributed by atoms with E-state index in [-0.39, 0.29) is 23.1 Å². The summed E-state index contributed by atoms with van der Waals surface area (Å²) in [5, 5.41) is 7.39. The molecule has 0 atom stereocenters. The Bertz CT molecular complexity index is 787. The van der Waals surface area contributed by atoms with Crippen LogP contribution in [0.3, 0.4) is 0 Å². The quantitative estimate of drug-likeness (QED) is 0.802. The van der Waals surface area contributed by atoms with Gasteiger partial charge in [0.1, 0.15) is 0 Å². The van der Waals surface area contributed by atoms with Crippen LogP contribution in [0.15, 0.2) is 30.5 Å². The molecule has 2 amide bonds.